The lowest BCUT2D eigenvalue weighted by molar-refractivity contribution is 0.222. The minimum atomic E-state index is 0. The number of halogens is 1. The first-order chi connectivity index (χ1) is 7.33. The van der Waals surface area contributed by atoms with E-state index in [1.807, 2.05) is 0 Å². The summed E-state index contributed by atoms with van der Waals surface area (Å²) >= 11 is 0. The predicted molar refractivity (Wildman–Crippen MR) is 72.3 cm³/mol. The Bertz CT molecular complexity index is 324. The normalized spacial score (nSPS) is 19.1. The van der Waals surface area contributed by atoms with E-state index in [0.717, 1.165) is 0 Å². The molecule has 0 N–H and O–H groups in total. The lowest BCUT2D eigenvalue weighted by Crippen LogP contribution is -2.28. The summed E-state index contributed by atoms with van der Waals surface area (Å²) in [5.74, 6) is 0. The summed E-state index contributed by atoms with van der Waals surface area (Å²) in [7, 11) is 2.26. The van der Waals surface area contributed by atoms with Gasteiger partial charge >= 0.3 is 0 Å². The predicted octanol–water partition coefficient (Wildman–Crippen LogP) is 3.83. The number of rotatable bonds is 3. The maximum atomic E-state index is 2.51. The van der Waals surface area contributed by atoms with E-state index in [1.54, 1.807) is 11.1 Å². The van der Waals surface area contributed by atoms with Gasteiger partial charge in [-0.25, -0.2) is 0 Å². The first-order valence-electron chi connectivity index (χ1n) is 6.11. The molecule has 0 radical (unpaired) electrons. The van der Waals surface area contributed by atoms with Gasteiger partial charge in [-0.2, -0.15) is 0 Å². The van der Waals surface area contributed by atoms with Crippen LogP contribution in [0.15, 0.2) is 24.3 Å². The molecule has 0 aromatic heterocycles. The molecule has 0 saturated heterocycles. The Morgan fingerprint density at radius 3 is 2.81 bits per heavy atom. The highest BCUT2D eigenvalue weighted by atomic mass is 35.5. The van der Waals surface area contributed by atoms with Gasteiger partial charge in [-0.05, 0) is 50.4 Å². The van der Waals surface area contributed by atoms with Gasteiger partial charge in [0, 0.05) is 6.04 Å². The van der Waals surface area contributed by atoms with Crippen molar-refractivity contribution < 1.29 is 0 Å². The van der Waals surface area contributed by atoms with Crippen molar-refractivity contribution in [2.24, 2.45) is 0 Å². The molecule has 1 aliphatic rings. The van der Waals surface area contributed by atoms with Crippen LogP contribution in [-0.2, 0) is 6.42 Å². The molecule has 1 atom stereocenters. The van der Waals surface area contributed by atoms with Gasteiger partial charge in [0.05, 0.1) is 0 Å². The smallest absolute Gasteiger partial charge is 0.0347 e. The van der Waals surface area contributed by atoms with E-state index < -0.39 is 0 Å². The van der Waals surface area contributed by atoms with Crippen LogP contribution in [0.1, 0.15) is 43.4 Å². The second kappa shape index (κ2) is 6.27. The quantitative estimate of drug-likeness (QED) is 0.775. The summed E-state index contributed by atoms with van der Waals surface area (Å²) in [5, 5.41) is 0. The highest BCUT2D eigenvalue weighted by Gasteiger charge is 2.22. The van der Waals surface area contributed by atoms with E-state index in [9.17, 15) is 0 Å². The zero-order chi connectivity index (χ0) is 10.7. The third kappa shape index (κ3) is 2.78. The Morgan fingerprint density at radius 1 is 1.31 bits per heavy atom. The van der Waals surface area contributed by atoms with Crippen molar-refractivity contribution in [3.8, 4) is 0 Å². The molecule has 16 heavy (non-hydrogen) atoms. The van der Waals surface area contributed by atoms with Gasteiger partial charge < -0.3 is 0 Å². The van der Waals surface area contributed by atoms with E-state index in [1.165, 1.54) is 32.2 Å². The molecule has 1 aromatic rings. The lowest BCUT2D eigenvalue weighted by atomic mass is 9.87. The van der Waals surface area contributed by atoms with Crippen LogP contribution >= 0.6 is 12.4 Å². The van der Waals surface area contributed by atoms with Crippen molar-refractivity contribution in [1.29, 1.82) is 0 Å². The molecule has 1 aromatic carbocycles. The van der Waals surface area contributed by atoms with Gasteiger partial charge in [-0.1, -0.05) is 31.2 Å². The molecule has 0 amide bonds. The monoisotopic (exact) mass is 239 g/mol. The Labute approximate surface area is 105 Å². The molecule has 0 bridgehead atoms. The van der Waals surface area contributed by atoms with Crippen LogP contribution in [0.2, 0.25) is 0 Å². The molecule has 0 saturated carbocycles. The second-order valence-corrected chi connectivity index (χ2v) is 4.59. The number of aryl methyl sites for hydroxylation is 1. The number of fused-ring (bicyclic) bond motifs is 1. The van der Waals surface area contributed by atoms with Gasteiger partial charge in [-0.15, -0.1) is 12.4 Å². The fourth-order valence-corrected chi connectivity index (χ4v) is 2.69. The number of benzene rings is 1. The first kappa shape index (κ1) is 13.5. The topological polar surface area (TPSA) is 3.24 Å². The molecule has 1 aliphatic carbocycles. The third-order valence-electron chi connectivity index (χ3n) is 3.45. The minimum absolute atomic E-state index is 0. The zero-order valence-corrected chi connectivity index (χ0v) is 11.1. The third-order valence-corrected chi connectivity index (χ3v) is 3.45. The summed E-state index contributed by atoms with van der Waals surface area (Å²) in [6.45, 7) is 3.46. The lowest BCUT2D eigenvalue weighted by Gasteiger charge is -2.33. The molecular formula is C14H22ClN. The van der Waals surface area contributed by atoms with Crippen LogP contribution in [0.25, 0.3) is 0 Å². The molecule has 0 heterocycles. The fourth-order valence-electron chi connectivity index (χ4n) is 2.69. The Hall–Kier alpha value is -0.530. The van der Waals surface area contributed by atoms with Gasteiger partial charge in [0.15, 0.2) is 0 Å². The highest BCUT2D eigenvalue weighted by Crippen LogP contribution is 2.33. The molecule has 0 fully saturated rings. The Kier molecular flexibility index (Phi) is 5.30. The zero-order valence-electron chi connectivity index (χ0n) is 10.3. The molecule has 1 nitrogen and oxygen atoms in total. The minimum Gasteiger partial charge on any atom is -0.299 e. The average Bonchev–Trinajstić information content (AvgIpc) is 2.28. The summed E-state index contributed by atoms with van der Waals surface area (Å²) in [6.07, 6.45) is 5.19. The van der Waals surface area contributed by atoms with Crippen molar-refractivity contribution in [3.63, 3.8) is 0 Å². The van der Waals surface area contributed by atoms with Crippen molar-refractivity contribution in [2.75, 3.05) is 13.6 Å². The summed E-state index contributed by atoms with van der Waals surface area (Å²) < 4.78 is 0. The van der Waals surface area contributed by atoms with E-state index in [-0.39, 0.29) is 12.4 Å². The van der Waals surface area contributed by atoms with E-state index in [0.29, 0.717) is 6.04 Å². The first-order valence-corrected chi connectivity index (χ1v) is 6.11. The Morgan fingerprint density at radius 2 is 2.06 bits per heavy atom. The maximum Gasteiger partial charge on any atom is 0.0347 e. The number of hydrogen-bond acceptors (Lipinski definition) is 1. The van der Waals surface area contributed by atoms with Crippen LogP contribution in [0.4, 0.5) is 0 Å². The molecule has 90 valence electrons. The molecular weight excluding hydrogens is 218 g/mol. The second-order valence-electron chi connectivity index (χ2n) is 4.59. The molecule has 0 spiro atoms. The van der Waals surface area contributed by atoms with E-state index in [2.05, 4.69) is 43.1 Å². The van der Waals surface area contributed by atoms with Crippen LogP contribution in [0.5, 0.6) is 0 Å². The van der Waals surface area contributed by atoms with Gasteiger partial charge in [0.1, 0.15) is 0 Å². The molecule has 2 heteroatoms. The largest absolute Gasteiger partial charge is 0.299 e. The highest BCUT2D eigenvalue weighted by molar-refractivity contribution is 5.85. The summed E-state index contributed by atoms with van der Waals surface area (Å²) in [6, 6.07) is 9.61. The van der Waals surface area contributed by atoms with Crippen LogP contribution < -0.4 is 0 Å². The standard InChI is InChI=1S/C14H21N.ClH/c1-3-11-15(2)14-10-6-8-12-7-4-5-9-13(12)14;/h4-5,7,9,14H,3,6,8,10-11H2,1-2H3;1H. The van der Waals surface area contributed by atoms with Crippen LogP contribution in [-0.4, -0.2) is 18.5 Å². The molecule has 0 aliphatic heterocycles. The van der Waals surface area contributed by atoms with Crippen molar-refractivity contribution >= 4 is 12.4 Å². The number of hydrogen-bond donors (Lipinski definition) is 0. The van der Waals surface area contributed by atoms with Gasteiger partial charge in [0.2, 0.25) is 0 Å². The average molecular weight is 240 g/mol. The summed E-state index contributed by atoms with van der Waals surface area (Å²) in [4.78, 5) is 2.51. The Balaban J connectivity index is 0.00000128. The number of nitrogens with zero attached hydrogens (tertiary/aromatic N) is 1. The summed E-state index contributed by atoms with van der Waals surface area (Å²) in [5.41, 5.74) is 3.14. The fraction of sp³-hybridized carbons (Fsp3) is 0.571. The van der Waals surface area contributed by atoms with E-state index >= 15 is 0 Å². The van der Waals surface area contributed by atoms with Crippen molar-refractivity contribution in [3.05, 3.63) is 35.4 Å². The van der Waals surface area contributed by atoms with E-state index in [4.69, 9.17) is 0 Å². The van der Waals surface area contributed by atoms with Crippen LogP contribution in [0, 0.1) is 0 Å². The molecule has 2 rings (SSSR count). The maximum absolute atomic E-state index is 2.51. The molecule has 1 unspecified atom stereocenters. The van der Waals surface area contributed by atoms with Gasteiger partial charge in [-0.3, -0.25) is 4.90 Å². The van der Waals surface area contributed by atoms with Crippen molar-refractivity contribution in [2.45, 2.75) is 38.6 Å². The van der Waals surface area contributed by atoms with Crippen LogP contribution in [0.3, 0.4) is 0 Å². The van der Waals surface area contributed by atoms with Crippen molar-refractivity contribution in [1.82, 2.24) is 4.90 Å². The van der Waals surface area contributed by atoms with Gasteiger partial charge in [0.25, 0.3) is 0 Å². The SMILES string of the molecule is CCCN(C)C1CCCc2ccccc21.Cl.